The first-order chi connectivity index (χ1) is 8.31. The van der Waals surface area contributed by atoms with E-state index in [4.69, 9.17) is 5.73 Å². The van der Waals surface area contributed by atoms with Crippen LogP contribution in [0.25, 0.3) is 0 Å². The van der Waals surface area contributed by atoms with Crippen LogP contribution in [-0.4, -0.2) is 49.6 Å². The van der Waals surface area contributed by atoms with Gasteiger partial charge in [0.1, 0.15) is 0 Å². The highest BCUT2D eigenvalue weighted by atomic mass is 32.2. The summed E-state index contributed by atoms with van der Waals surface area (Å²) < 4.78 is 0. The van der Waals surface area contributed by atoms with Crippen molar-refractivity contribution in [2.24, 2.45) is 0 Å². The van der Waals surface area contributed by atoms with E-state index in [1.807, 2.05) is 23.9 Å². The Hall–Kier alpha value is -0.870. The first kappa shape index (κ1) is 12.6. The lowest BCUT2D eigenvalue weighted by molar-refractivity contribution is 0.273. The van der Waals surface area contributed by atoms with Crippen molar-refractivity contribution in [2.75, 3.05) is 55.4 Å². The van der Waals surface area contributed by atoms with Gasteiger partial charge in [-0.15, -0.1) is 0 Å². The smallest absolute Gasteiger partial charge is 0.0600 e. The minimum atomic E-state index is 0.894. The zero-order valence-corrected chi connectivity index (χ0v) is 11.2. The van der Waals surface area contributed by atoms with Gasteiger partial charge in [0.15, 0.2) is 0 Å². The van der Waals surface area contributed by atoms with Crippen molar-refractivity contribution in [3.05, 3.63) is 24.3 Å². The number of anilines is 2. The maximum absolute atomic E-state index is 6.01. The standard InChI is InChI=1S/C13H21N3S/c1-17-11-10-15-6-8-16(9-7-15)13-5-3-2-4-12(13)14/h2-5H,6-11,14H2,1H3. The van der Waals surface area contributed by atoms with Crippen LogP contribution < -0.4 is 10.6 Å². The van der Waals surface area contributed by atoms with Crippen LogP contribution in [0.1, 0.15) is 0 Å². The summed E-state index contributed by atoms with van der Waals surface area (Å²) in [7, 11) is 0. The summed E-state index contributed by atoms with van der Waals surface area (Å²) >= 11 is 1.92. The van der Waals surface area contributed by atoms with Gasteiger partial charge in [-0.25, -0.2) is 0 Å². The molecule has 0 bridgehead atoms. The van der Waals surface area contributed by atoms with E-state index in [0.29, 0.717) is 0 Å². The lowest BCUT2D eigenvalue weighted by Crippen LogP contribution is -2.47. The molecule has 2 N–H and O–H groups in total. The van der Waals surface area contributed by atoms with Crippen molar-refractivity contribution < 1.29 is 0 Å². The molecule has 0 aliphatic carbocycles. The molecule has 0 spiro atoms. The topological polar surface area (TPSA) is 32.5 Å². The quantitative estimate of drug-likeness (QED) is 0.827. The van der Waals surface area contributed by atoms with Gasteiger partial charge in [-0.1, -0.05) is 12.1 Å². The summed E-state index contributed by atoms with van der Waals surface area (Å²) in [5.41, 5.74) is 8.09. The van der Waals surface area contributed by atoms with Gasteiger partial charge in [0, 0.05) is 38.5 Å². The summed E-state index contributed by atoms with van der Waals surface area (Å²) in [6.07, 6.45) is 2.17. The second-order valence-corrected chi connectivity index (χ2v) is 5.37. The molecule has 1 heterocycles. The normalized spacial score (nSPS) is 17.4. The van der Waals surface area contributed by atoms with E-state index in [0.717, 1.165) is 31.9 Å². The molecule has 4 heteroatoms. The van der Waals surface area contributed by atoms with Crippen molar-refractivity contribution in [1.29, 1.82) is 0 Å². The van der Waals surface area contributed by atoms with E-state index in [1.165, 1.54) is 18.0 Å². The minimum absolute atomic E-state index is 0.894. The van der Waals surface area contributed by atoms with E-state index in [1.54, 1.807) is 0 Å². The Morgan fingerprint density at radius 3 is 2.53 bits per heavy atom. The van der Waals surface area contributed by atoms with Crippen molar-refractivity contribution in [1.82, 2.24) is 4.90 Å². The second-order valence-electron chi connectivity index (χ2n) is 4.38. The predicted molar refractivity (Wildman–Crippen MR) is 77.9 cm³/mol. The monoisotopic (exact) mass is 251 g/mol. The summed E-state index contributed by atoms with van der Waals surface area (Å²) in [6, 6.07) is 8.15. The molecule has 0 radical (unpaired) electrons. The average molecular weight is 251 g/mol. The average Bonchev–Trinajstić information content (AvgIpc) is 2.38. The van der Waals surface area contributed by atoms with Crippen LogP contribution in [0.3, 0.4) is 0 Å². The first-order valence-corrected chi connectivity index (χ1v) is 7.51. The fraction of sp³-hybridized carbons (Fsp3) is 0.538. The first-order valence-electron chi connectivity index (χ1n) is 6.12. The molecule has 1 aromatic carbocycles. The summed E-state index contributed by atoms with van der Waals surface area (Å²) in [5.74, 6) is 1.23. The van der Waals surface area contributed by atoms with Crippen LogP contribution >= 0.6 is 11.8 Å². The highest BCUT2D eigenvalue weighted by Crippen LogP contribution is 2.23. The number of nitrogens with two attached hydrogens (primary N) is 1. The maximum Gasteiger partial charge on any atom is 0.0600 e. The van der Waals surface area contributed by atoms with E-state index >= 15 is 0 Å². The van der Waals surface area contributed by atoms with Crippen molar-refractivity contribution in [3.63, 3.8) is 0 Å². The number of piperazine rings is 1. The maximum atomic E-state index is 6.01. The molecule has 0 unspecified atom stereocenters. The molecule has 0 saturated carbocycles. The Balaban J connectivity index is 1.89. The van der Waals surface area contributed by atoms with Gasteiger partial charge in [-0.2, -0.15) is 11.8 Å². The Morgan fingerprint density at radius 2 is 1.88 bits per heavy atom. The number of thioether (sulfide) groups is 1. The molecule has 0 amide bonds. The Kier molecular flexibility index (Phi) is 4.57. The van der Waals surface area contributed by atoms with Crippen LogP contribution in [0.5, 0.6) is 0 Å². The molecule has 3 nitrogen and oxygen atoms in total. The lowest BCUT2D eigenvalue weighted by Gasteiger charge is -2.36. The molecule has 0 atom stereocenters. The SMILES string of the molecule is CSCCN1CCN(c2ccccc2N)CC1. The third kappa shape index (κ3) is 3.30. The molecular formula is C13H21N3S. The fourth-order valence-electron chi connectivity index (χ4n) is 2.21. The molecule has 1 aromatic rings. The summed E-state index contributed by atoms with van der Waals surface area (Å²) in [6.45, 7) is 5.67. The summed E-state index contributed by atoms with van der Waals surface area (Å²) in [4.78, 5) is 4.93. The van der Waals surface area contributed by atoms with Gasteiger partial charge in [-0.3, -0.25) is 4.90 Å². The molecule has 1 fully saturated rings. The summed E-state index contributed by atoms with van der Waals surface area (Å²) in [5, 5.41) is 0. The molecule has 2 rings (SSSR count). The highest BCUT2D eigenvalue weighted by molar-refractivity contribution is 7.98. The molecule has 0 aromatic heterocycles. The number of nitrogen functional groups attached to an aromatic ring is 1. The van der Waals surface area contributed by atoms with Crippen LogP contribution in [0.4, 0.5) is 11.4 Å². The van der Waals surface area contributed by atoms with Gasteiger partial charge in [-0.05, 0) is 18.4 Å². The zero-order valence-electron chi connectivity index (χ0n) is 10.4. The molecule has 94 valence electrons. The van der Waals surface area contributed by atoms with E-state index in [-0.39, 0.29) is 0 Å². The van der Waals surface area contributed by atoms with Crippen molar-refractivity contribution >= 4 is 23.1 Å². The van der Waals surface area contributed by atoms with Gasteiger partial charge in [0.05, 0.1) is 11.4 Å². The number of benzene rings is 1. The van der Waals surface area contributed by atoms with Gasteiger partial charge in [0.2, 0.25) is 0 Å². The fourth-order valence-corrected chi connectivity index (χ4v) is 2.65. The van der Waals surface area contributed by atoms with E-state index in [2.05, 4.69) is 28.2 Å². The van der Waals surface area contributed by atoms with Crippen LogP contribution in [0, 0.1) is 0 Å². The molecule has 1 saturated heterocycles. The number of hydrogen-bond acceptors (Lipinski definition) is 4. The number of hydrogen-bond donors (Lipinski definition) is 1. The molecule has 1 aliphatic heterocycles. The zero-order chi connectivity index (χ0) is 12.1. The largest absolute Gasteiger partial charge is 0.397 e. The Labute approximate surface area is 108 Å². The van der Waals surface area contributed by atoms with Gasteiger partial charge < -0.3 is 10.6 Å². The van der Waals surface area contributed by atoms with Gasteiger partial charge in [0.25, 0.3) is 0 Å². The third-order valence-electron chi connectivity index (χ3n) is 3.26. The lowest BCUT2D eigenvalue weighted by atomic mass is 10.2. The number of rotatable bonds is 4. The van der Waals surface area contributed by atoms with Gasteiger partial charge >= 0.3 is 0 Å². The molecular weight excluding hydrogens is 230 g/mol. The molecule has 17 heavy (non-hydrogen) atoms. The number of para-hydroxylation sites is 2. The minimum Gasteiger partial charge on any atom is -0.397 e. The van der Waals surface area contributed by atoms with Crippen molar-refractivity contribution in [2.45, 2.75) is 0 Å². The Bertz CT molecular complexity index is 348. The van der Waals surface area contributed by atoms with E-state index in [9.17, 15) is 0 Å². The van der Waals surface area contributed by atoms with Crippen LogP contribution in [0.15, 0.2) is 24.3 Å². The van der Waals surface area contributed by atoms with Crippen molar-refractivity contribution in [3.8, 4) is 0 Å². The number of nitrogens with zero attached hydrogens (tertiary/aromatic N) is 2. The third-order valence-corrected chi connectivity index (χ3v) is 3.85. The second kappa shape index (κ2) is 6.17. The van der Waals surface area contributed by atoms with Crippen LogP contribution in [-0.2, 0) is 0 Å². The van der Waals surface area contributed by atoms with E-state index < -0.39 is 0 Å². The predicted octanol–water partition coefficient (Wildman–Crippen LogP) is 1.75. The molecule has 1 aliphatic rings. The van der Waals surface area contributed by atoms with Crippen LogP contribution in [0.2, 0.25) is 0 Å². The Morgan fingerprint density at radius 1 is 1.18 bits per heavy atom. The highest BCUT2D eigenvalue weighted by Gasteiger charge is 2.17.